The first kappa shape index (κ1) is 13.9. The second-order valence-corrected chi connectivity index (χ2v) is 5.87. The number of halogens is 1. The third-order valence-electron chi connectivity index (χ3n) is 3.21. The molecule has 0 saturated heterocycles. The number of hydrogen-bond donors (Lipinski definition) is 0. The van der Waals surface area contributed by atoms with Crippen molar-refractivity contribution in [2.75, 3.05) is 0 Å². The minimum Gasteiger partial charge on any atom is -0.292 e. The molecular weight excluding hydrogens is 379 g/mol. The fourth-order valence-electron chi connectivity index (χ4n) is 2.10. The van der Waals surface area contributed by atoms with Crippen LogP contribution in [0.25, 0.3) is 10.9 Å². The lowest BCUT2D eigenvalue weighted by Gasteiger charge is -2.06. The van der Waals surface area contributed by atoms with Gasteiger partial charge in [-0.25, -0.2) is 4.98 Å². The Balaban J connectivity index is 1.95. The van der Waals surface area contributed by atoms with Gasteiger partial charge in [-0.05, 0) is 46.9 Å². The fourth-order valence-corrected chi connectivity index (χ4v) is 2.46. The molecule has 1 heterocycles. The highest BCUT2D eigenvalue weighted by atomic mass is 127. The van der Waals surface area contributed by atoms with Crippen LogP contribution < -0.4 is 5.56 Å². The van der Waals surface area contributed by atoms with E-state index in [1.54, 1.807) is 30.3 Å². The number of benzene rings is 2. The largest absolute Gasteiger partial charge is 0.292 e. The van der Waals surface area contributed by atoms with Crippen molar-refractivity contribution in [3.05, 3.63) is 74.3 Å². The Labute approximate surface area is 134 Å². The standard InChI is InChI=1S/C16H11IN2O2/c17-12-7-5-11(6-8-12)15(20)9-19-10-18-14-4-2-1-3-13(14)16(19)21/h1-8,10H,9H2. The predicted octanol–water partition coefficient (Wildman–Crippen LogP) is 2.88. The average Bonchev–Trinajstić information content (AvgIpc) is 2.51. The van der Waals surface area contributed by atoms with Crippen molar-refractivity contribution in [3.63, 3.8) is 0 Å². The molecule has 5 heteroatoms. The molecule has 0 N–H and O–H groups in total. The zero-order chi connectivity index (χ0) is 14.8. The summed E-state index contributed by atoms with van der Waals surface area (Å²) in [5.74, 6) is -0.106. The molecule has 3 aromatic rings. The number of hydrogen-bond acceptors (Lipinski definition) is 3. The summed E-state index contributed by atoms with van der Waals surface area (Å²) in [6, 6.07) is 14.4. The van der Waals surface area contributed by atoms with Gasteiger partial charge in [0, 0.05) is 9.13 Å². The Bertz CT molecular complexity index is 869. The number of carbonyl (C=O) groups is 1. The van der Waals surface area contributed by atoms with Crippen LogP contribution >= 0.6 is 22.6 Å². The fraction of sp³-hybridized carbons (Fsp3) is 0.0625. The molecule has 0 aliphatic carbocycles. The molecule has 0 spiro atoms. The van der Waals surface area contributed by atoms with Crippen LogP contribution in [-0.4, -0.2) is 15.3 Å². The quantitative estimate of drug-likeness (QED) is 0.511. The molecule has 0 saturated carbocycles. The SMILES string of the molecule is O=C(Cn1cnc2ccccc2c1=O)c1ccc(I)cc1. The monoisotopic (exact) mass is 390 g/mol. The van der Waals surface area contributed by atoms with Crippen molar-refractivity contribution >= 4 is 39.3 Å². The van der Waals surface area contributed by atoms with Crippen molar-refractivity contribution < 1.29 is 4.79 Å². The lowest BCUT2D eigenvalue weighted by molar-refractivity contribution is 0.0970. The Kier molecular flexibility index (Phi) is 3.83. The van der Waals surface area contributed by atoms with Crippen molar-refractivity contribution in [1.29, 1.82) is 0 Å². The Morgan fingerprint density at radius 3 is 2.57 bits per heavy atom. The zero-order valence-corrected chi connectivity index (χ0v) is 13.1. The summed E-state index contributed by atoms with van der Waals surface area (Å²) in [6.45, 7) is -0.00272. The number of Topliss-reactive ketones (excluding diaryl/α,β-unsaturated/α-hetero) is 1. The Hall–Kier alpha value is -2.02. The molecule has 1 aromatic heterocycles. The summed E-state index contributed by atoms with van der Waals surface area (Å²) in [5, 5.41) is 0.524. The molecule has 0 unspecified atom stereocenters. The number of fused-ring (bicyclic) bond motifs is 1. The number of nitrogens with zero attached hydrogens (tertiary/aromatic N) is 2. The van der Waals surface area contributed by atoms with E-state index in [1.165, 1.54) is 10.9 Å². The van der Waals surface area contributed by atoms with Crippen LogP contribution in [0.5, 0.6) is 0 Å². The summed E-state index contributed by atoms with van der Waals surface area (Å²) in [6.07, 6.45) is 1.43. The van der Waals surface area contributed by atoms with E-state index in [4.69, 9.17) is 0 Å². The molecule has 0 radical (unpaired) electrons. The van der Waals surface area contributed by atoms with Gasteiger partial charge in [0.1, 0.15) is 0 Å². The molecule has 0 aliphatic heterocycles. The second kappa shape index (κ2) is 5.77. The van der Waals surface area contributed by atoms with Gasteiger partial charge in [0.2, 0.25) is 0 Å². The van der Waals surface area contributed by atoms with E-state index in [0.29, 0.717) is 16.5 Å². The Morgan fingerprint density at radius 2 is 1.81 bits per heavy atom. The summed E-state index contributed by atoms with van der Waals surface area (Å²) in [7, 11) is 0. The molecular formula is C16H11IN2O2. The molecule has 0 bridgehead atoms. The third-order valence-corrected chi connectivity index (χ3v) is 3.93. The molecule has 0 atom stereocenters. The predicted molar refractivity (Wildman–Crippen MR) is 89.5 cm³/mol. The van der Waals surface area contributed by atoms with E-state index >= 15 is 0 Å². The van der Waals surface area contributed by atoms with Crippen LogP contribution in [0.15, 0.2) is 59.7 Å². The highest BCUT2D eigenvalue weighted by molar-refractivity contribution is 14.1. The molecule has 3 rings (SSSR count). The van der Waals surface area contributed by atoms with Gasteiger partial charge in [0.15, 0.2) is 5.78 Å². The van der Waals surface area contributed by atoms with E-state index in [1.807, 2.05) is 18.2 Å². The van der Waals surface area contributed by atoms with Crippen molar-refractivity contribution in [2.45, 2.75) is 6.54 Å². The van der Waals surface area contributed by atoms with Crippen molar-refractivity contribution in [3.8, 4) is 0 Å². The molecule has 104 valence electrons. The topological polar surface area (TPSA) is 52.0 Å². The highest BCUT2D eigenvalue weighted by Crippen LogP contribution is 2.09. The molecule has 21 heavy (non-hydrogen) atoms. The van der Waals surface area contributed by atoms with E-state index in [0.717, 1.165) is 3.57 Å². The van der Waals surface area contributed by atoms with Crippen LogP contribution in [0.4, 0.5) is 0 Å². The molecule has 4 nitrogen and oxygen atoms in total. The number of aromatic nitrogens is 2. The number of para-hydroxylation sites is 1. The first-order valence-corrected chi connectivity index (χ1v) is 7.46. The third kappa shape index (κ3) is 2.87. The lowest BCUT2D eigenvalue weighted by Crippen LogP contribution is -2.24. The summed E-state index contributed by atoms with van der Waals surface area (Å²) < 4.78 is 2.41. The van der Waals surface area contributed by atoms with E-state index in [2.05, 4.69) is 27.6 Å². The smallest absolute Gasteiger partial charge is 0.261 e. The lowest BCUT2D eigenvalue weighted by atomic mass is 10.1. The zero-order valence-electron chi connectivity index (χ0n) is 11.0. The van der Waals surface area contributed by atoms with Gasteiger partial charge in [-0.2, -0.15) is 0 Å². The highest BCUT2D eigenvalue weighted by Gasteiger charge is 2.09. The first-order valence-electron chi connectivity index (χ1n) is 6.38. The molecule has 0 fully saturated rings. The number of rotatable bonds is 3. The van der Waals surface area contributed by atoms with Gasteiger partial charge < -0.3 is 0 Å². The van der Waals surface area contributed by atoms with E-state index < -0.39 is 0 Å². The molecule has 0 aliphatic rings. The second-order valence-electron chi connectivity index (χ2n) is 4.62. The van der Waals surface area contributed by atoms with Gasteiger partial charge in [-0.1, -0.05) is 24.3 Å². The maximum atomic E-state index is 12.3. The van der Waals surface area contributed by atoms with Crippen LogP contribution in [0.2, 0.25) is 0 Å². The van der Waals surface area contributed by atoms with Gasteiger partial charge in [0.25, 0.3) is 5.56 Å². The van der Waals surface area contributed by atoms with Gasteiger partial charge in [-0.15, -0.1) is 0 Å². The summed E-state index contributed by atoms with van der Waals surface area (Å²) >= 11 is 2.18. The summed E-state index contributed by atoms with van der Waals surface area (Å²) in [4.78, 5) is 28.8. The Morgan fingerprint density at radius 1 is 1.10 bits per heavy atom. The van der Waals surface area contributed by atoms with E-state index in [9.17, 15) is 9.59 Å². The molecule has 2 aromatic carbocycles. The van der Waals surface area contributed by atoms with Crippen molar-refractivity contribution in [2.24, 2.45) is 0 Å². The van der Waals surface area contributed by atoms with Gasteiger partial charge in [0.05, 0.1) is 23.8 Å². The number of carbonyl (C=O) groups excluding carboxylic acids is 1. The van der Waals surface area contributed by atoms with Crippen LogP contribution in [0.1, 0.15) is 10.4 Å². The minimum atomic E-state index is -0.195. The van der Waals surface area contributed by atoms with Gasteiger partial charge >= 0.3 is 0 Å². The van der Waals surface area contributed by atoms with Gasteiger partial charge in [-0.3, -0.25) is 14.2 Å². The van der Waals surface area contributed by atoms with Crippen LogP contribution in [0, 0.1) is 3.57 Å². The average molecular weight is 390 g/mol. The minimum absolute atomic E-state index is 0.00272. The summed E-state index contributed by atoms with van der Waals surface area (Å²) in [5.41, 5.74) is 1.04. The normalized spacial score (nSPS) is 10.7. The van der Waals surface area contributed by atoms with Crippen LogP contribution in [-0.2, 0) is 6.54 Å². The van der Waals surface area contributed by atoms with Crippen molar-refractivity contribution in [1.82, 2.24) is 9.55 Å². The maximum absolute atomic E-state index is 12.3. The maximum Gasteiger partial charge on any atom is 0.261 e. The number of ketones is 1. The van der Waals surface area contributed by atoms with Crippen LogP contribution in [0.3, 0.4) is 0 Å². The van der Waals surface area contributed by atoms with E-state index in [-0.39, 0.29) is 17.9 Å². The first-order chi connectivity index (χ1) is 10.1. The molecule has 0 amide bonds.